The number of sulfone groups is 1. The van der Waals surface area contributed by atoms with Gasteiger partial charge in [0.05, 0.1) is 9.79 Å². The van der Waals surface area contributed by atoms with E-state index in [0.29, 0.717) is 21.6 Å². The third-order valence-electron chi connectivity index (χ3n) is 6.20. The van der Waals surface area contributed by atoms with E-state index in [-0.39, 0.29) is 5.92 Å². The van der Waals surface area contributed by atoms with E-state index in [0.717, 1.165) is 34.7 Å². The molecule has 0 aromatic heterocycles. The summed E-state index contributed by atoms with van der Waals surface area (Å²) >= 11 is 0. The first-order valence-electron chi connectivity index (χ1n) is 9.56. The highest BCUT2D eigenvalue weighted by Gasteiger charge is 2.39. The number of hydrogen-bond donors (Lipinski definition) is 0. The summed E-state index contributed by atoms with van der Waals surface area (Å²) in [5.74, 6) is 1.32. The van der Waals surface area contributed by atoms with Gasteiger partial charge in [-0.25, -0.2) is 8.42 Å². The van der Waals surface area contributed by atoms with E-state index >= 15 is 0 Å². The summed E-state index contributed by atoms with van der Waals surface area (Å²) in [6.07, 6.45) is 6.80. The van der Waals surface area contributed by atoms with Crippen LogP contribution in [0.4, 0.5) is 0 Å². The van der Waals surface area contributed by atoms with Crippen LogP contribution < -0.4 is 0 Å². The van der Waals surface area contributed by atoms with Gasteiger partial charge in [0, 0.05) is 0 Å². The number of aryl methyl sites for hydroxylation is 1. The van der Waals surface area contributed by atoms with Gasteiger partial charge in [-0.15, -0.1) is 0 Å². The Hall–Kier alpha value is -2.39. The van der Waals surface area contributed by atoms with E-state index in [9.17, 15) is 8.42 Å². The average Bonchev–Trinajstić information content (AvgIpc) is 3.31. The number of benzene rings is 3. The lowest BCUT2D eigenvalue weighted by molar-refractivity contribution is 0.568. The maximum atomic E-state index is 13.6. The summed E-state index contributed by atoms with van der Waals surface area (Å²) in [5.41, 5.74) is 2.08. The monoisotopic (exact) mass is 374 g/mol. The first-order chi connectivity index (χ1) is 13.0. The molecule has 2 bridgehead atoms. The Labute approximate surface area is 160 Å². The predicted molar refractivity (Wildman–Crippen MR) is 109 cm³/mol. The van der Waals surface area contributed by atoms with Crippen molar-refractivity contribution in [3.05, 3.63) is 83.9 Å². The molecular weight excluding hydrogens is 352 g/mol. The van der Waals surface area contributed by atoms with Gasteiger partial charge in [-0.2, -0.15) is 0 Å². The molecule has 0 N–H and O–H groups in total. The molecule has 3 atom stereocenters. The molecule has 2 aliphatic carbocycles. The number of rotatable bonds is 3. The fraction of sp³-hybridized carbons (Fsp3) is 0.250. The topological polar surface area (TPSA) is 34.1 Å². The van der Waals surface area contributed by atoms with Crippen molar-refractivity contribution in [3.63, 3.8) is 0 Å². The maximum Gasteiger partial charge on any atom is 0.206 e. The summed E-state index contributed by atoms with van der Waals surface area (Å²) in [7, 11) is -3.56. The quantitative estimate of drug-likeness (QED) is 0.554. The Morgan fingerprint density at radius 2 is 1.63 bits per heavy atom. The van der Waals surface area contributed by atoms with Gasteiger partial charge >= 0.3 is 0 Å². The third-order valence-corrected chi connectivity index (χ3v) is 8.03. The van der Waals surface area contributed by atoms with Crippen LogP contribution in [0, 0.1) is 18.8 Å². The van der Waals surface area contributed by atoms with Crippen molar-refractivity contribution in [2.24, 2.45) is 11.8 Å². The zero-order valence-electron chi connectivity index (χ0n) is 15.3. The van der Waals surface area contributed by atoms with E-state index in [1.165, 1.54) is 0 Å². The fourth-order valence-electron chi connectivity index (χ4n) is 4.85. The van der Waals surface area contributed by atoms with Gasteiger partial charge in [-0.3, -0.25) is 0 Å². The standard InChI is InChI=1S/C24H22O2S/c1-16-6-11-20(12-7-16)27(25,26)23-13-10-18-4-2-3-5-21(18)24(23)22-15-17-8-9-19(22)14-17/h2-13,17,19,22H,14-15H2,1H3. The summed E-state index contributed by atoms with van der Waals surface area (Å²) in [6.45, 7) is 1.97. The van der Waals surface area contributed by atoms with Crippen LogP contribution in [0.3, 0.4) is 0 Å². The summed E-state index contributed by atoms with van der Waals surface area (Å²) in [4.78, 5) is 0.860. The minimum atomic E-state index is -3.56. The molecule has 3 unspecified atom stereocenters. The Balaban J connectivity index is 1.76. The molecule has 0 spiro atoms. The lowest BCUT2D eigenvalue weighted by Crippen LogP contribution is -2.13. The van der Waals surface area contributed by atoms with Crippen molar-refractivity contribution < 1.29 is 8.42 Å². The molecule has 136 valence electrons. The molecule has 2 aliphatic rings. The molecule has 3 heteroatoms. The summed E-state index contributed by atoms with van der Waals surface area (Å²) in [6, 6.07) is 19.1. The van der Waals surface area contributed by atoms with Gasteiger partial charge in [0.15, 0.2) is 0 Å². The maximum absolute atomic E-state index is 13.6. The number of hydrogen-bond acceptors (Lipinski definition) is 2. The fourth-order valence-corrected chi connectivity index (χ4v) is 6.40. The highest BCUT2D eigenvalue weighted by atomic mass is 32.2. The first kappa shape index (κ1) is 16.8. The molecule has 0 aliphatic heterocycles. The van der Waals surface area contributed by atoms with Crippen molar-refractivity contribution in [2.75, 3.05) is 0 Å². The van der Waals surface area contributed by atoms with Gasteiger partial charge in [-0.1, -0.05) is 60.2 Å². The van der Waals surface area contributed by atoms with Gasteiger partial charge in [0.25, 0.3) is 0 Å². The summed E-state index contributed by atoms with van der Waals surface area (Å²) < 4.78 is 27.1. The molecule has 1 fully saturated rings. The van der Waals surface area contributed by atoms with Crippen molar-refractivity contribution in [1.82, 2.24) is 0 Å². The normalized spacial score (nSPS) is 24.0. The van der Waals surface area contributed by atoms with Crippen LogP contribution in [0.5, 0.6) is 0 Å². The van der Waals surface area contributed by atoms with Crippen molar-refractivity contribution >= 4 is 20.6 Å². The molecule has 5 rings (SSSR count). The van der Waals surface area contributed by atoms with Crippen LogP contribution in [0.25, 0.3) is 10.8 Å². The SMILES string of the molecule is Cc1ccc(S(=O)(=O)c2ccc3ccccc3c2C2CC3C=CC2C3)cc1. The largest absolute Gasteiger partial charge is 0.219 e. The lowest BCUT2D eigenvalue weighted by atomic mass is 9.84. The molecule has 1 saturated carbocycles. The molecule has 2 nitrogen and oxygen atoms in total. The van der Waals surface area contributed by atoms with Crippen LogP contribution in [0.2, 0.25) is 0 Å². The average molecular weight is 375 g/mol. The Bertz CT molecular complexity index is 1160. The first-order valence-corrected chi connectivity index (χ1v) is 11.0. The minimum absolute atomic E-state index is 0.279. The predicted octanol–water partition coefficient (Wildman–Crippen LogP) is 5.66. The van der Waals surface area contributed by atoms with Gasteiger partial charge in [0.1, 0.15) is 0 Å². The molecule has 0 radical (unpaired) electrons. The van der Waals surface area contributed by atoms with Gasteiger partial charge in [0.2, 0.25) is 9.84 Å². The lowest BCUT2D eigenvalue weighted by Gasteiger charge is -2.24. The van der Waals surface area contributed by atoms with Crippen LogP contribution >= 0.6 is 0 Å². The second-order valence-corrected chi connectivity index (χ2v) is 9.82. The van der Waals surface area contributed by atoms with Gasteiger partial charge in [-0.05, 0) is 72.1 Å². The molecule has 27 heavy (non-hydrogen) atoms. The van der Waals surface area contributed by atoms with E-state index in [1.807, 2.05) is 43.3 Å². The van der Waals surface area contributed by atoms with Crippen LogP contribution in [-0.4, -0.2) is 8.42 Å². The zero-order chi connectivity index (χ0) is 18.6. The second kappa shape index (κ2) is 6.07. The smallest absolute Gasteiger partial charge is 0.206 e. The molecule has 3 aromatic carbocycles. The van der Waals surface area contributed by atoms with Crippen molar-refractivity contribution in [2.45, 2.75) is 35.5 Å². The zero-order valence-corrected chi connectivity index (χ0v) is 16.1. The summed E-state index contributed by atoms with van der Waals surface area (Å²) in [5, 5.41) is 2.19. The Morgan fingerprint density at radius 3 is 2.33 bits per heavy atom. The van der Waals surface area contributed by atoms with Gasteiger partial charge < -0.3 is 0 Å². The Kier molecular flexibility index (Phi) is 3.76. The third kappa shape index (κ3) is 2.64. The molecule has 0 saturated heterocycles. The molecular formula is C24H22O2S. The van der Waals surface area contributed by atoms with Crippen LogP contribution in [-0.2, 0) is 9.84 Å². The number of fused-ring (bicyclic) bond motifs is 3. The van der Waals surface area contributed by atoms with E-state index in [2.05, 4.69) is 24.3 Å². The van der Waals surface area contributed by atoms with Crippen molar-refractivity contribution in [1.29, 1.82) is 0 Å². The second-order valence-electron chi connectivity index (χ2n) is 7.90. The molecule has 0 amide bonds. The molecule has 0 heterocycles. The van der Waals surface area contributed by atoms with E-state index < -0.39 is 9.84 Å². The van der Waals surface area contributed by atoms with Crippen LogP contribution in [0.15, 0.2) is 82.6 Å². The molecule has 3 aromatic rings. The highest BCUT2D eigenvalue weighted by Crippen LogP contribution is 2.52. The highest BCUT2D eigenvalue weighted by molar-refractivity contribution is 7.91. The van der Waals surface area contributed by atoms with E-state index in [4.69, 9.17) is 0 Å². The van der Waals surface area contributed by atoms with Crippen LogP contribution in [0.1, 0.15) is 29.9 Å². The van der Waals surface area contributed by atoms with Crippen molar-refractivity contribution in [3.8, 4) is 0 Å². The number of allylic oxidation sites excluding steroid dienone is 2. The minimum Gasteiger partial charge on any atom is -0.219 e. The van der Waals surface area contributed by atoms with E-state index in [1.54, 1.807) is 12.1 Å². The Morgan fingerprint density at radius 1 is 0.852 bits per heavy atom.